The number of aromatic nitrogens is 2. The molecule has 25 heavy (non-hydrogen) atoms. The summed E-state index contributed by atoms with van der Waals surface area (Å²) in [6.07, 6.45) is 5.22. The SMILES string of the molecule is CC(C)CNC(=O)N1CCCC(c2nc(CCOCC3CC3)no2)C1. The van der Waals surface area contributed by atoms with Crippen LogP contribution in [0.2, 0.25) is 0 Å². The van der Waals surface area contributed by atoms with Gasteiger partial charge in [0.15, 0.2) is 5.82 Å². The lowest BCUT2D eigenvalue weighted by Gasteiger charge is -2.31. The van der Waals surface area contributed by atoms with Gasteiger partial charge in [-0.2, -0.15) is 4.98 Å². The van der Waals surface area contributed by atoms with Crippen LogP contribution < -0.4 is 5.32 Å². The fourth-order valence-corrected chi connectivity index (χ4v) is 3.00. The summed E-state index contributed by atoms with van der Waals surface area (Å²) < 4.78 is 11.1. The molecular weight excluding hydrogens is 320 g/mol. The number of urea groups is 1. The Bertz CT molecular complexity index is 556. The number of nitrogens with one attached hydrogen (secondary N) is 1. The van der Waals surface area contributed by atoms with Crippen molar-refractivity contribution in [1.82, 2.24) is 20.4 Å². The molecule has 2 amide bonds. The van der Waals surface area contributed by atoms with E-state index in [1.165, 1.54) is 12.8 Å². The van der Waals surface area contributed by atoms with Gasteiger partial charge in [0.1, 0.15) is 0 Å². The van der Waals surface area contributed by atoms with Crippen LogP contribution >= 0.6 is 0 Å². The number of nitrogens with zero attached hydrogens (tertiary/aromatic N) is 3. The van der Waals surface area contributed by atoms with Crippen LogP contribution in [0.5, 0.6) is 0 Å². The van der Waals surface area contributed by atoms with Gasteiger partial charge >= 0.3 is 6.03 Å². The van der Waals surface area contributed by atoms with Crippen molar-refractivity contribution in [2.45, 2.75) is 51.9 Å². The summed E-state index contributed by atoms with van der Waals surface area (Å²) >= 11 is 0. The lowest BCUT2D eigenvalue weighted by atomic mass is 9.98. The maximum atomic E-state index is 12.3. The molecular formula is C18H30N4O3. The highest BCUT2D eigenvalue weighted by atomic mass is 16.5. The molecule has 1 aliphatic carbocycles. The molecule has 7 heteroatoms. The third-order valence-corrected chi connectivity index (χ3v) is 4.72. The zero-order valence-electron chi connectivity index (χ0n) is 15.4. The molecule has 7 nitrogen and oxygen atoms in total. The average molecular weight is 350 g/mol. The fraction of sp³-hybridized carbons (Fsp3) is 0.833. The Balaban J connectivity index is 1.45. The highest BCUT2D eigenvalue weighted by molar-refractivity contribution is 5.74. The molecule has 0 aromatic carbocycles. The molecule has 1 aromatic heterocycles. The van der Waals surface area contributed by atoms with E-state index in [9.17, 15) is 4.79 Å². The van der Waals surface area contributed by atoms with Crippen LogP contribution in [0.3, 0.4) is 0 Å². The normalized spacial score (nSPS) is 20.9. The number of likely N-dealkylation sites (tertiary alicyclic amines) is 1. The predicted octanol–water partition coefficient (Wildman–Crippen LogP) is 2.58. The zero-order valence-corrected chi connectivity index (χ0v) is 15.4. The molecule has 1 unspecified atom stereocenters. The topological polar surface area (TPSA) is 80.5 Å². The number of hydrogen-bond donors (Lipinski definition) is 1. The van der Waals surface area contributed by atoms with E-state index in [-0.39, 0.29) is 11.9 Å². The fourth-order valence-electron chi connectivity index (χ4n) is 3.00. The van der Waals surface area contributed by atoms with Gasteiger partial charge < -0.3 is 19.5 Å². The molecule has 1 aromatic rings. The molecule has 140 valence electrons. The Labute approximate surface area is 149 Å². The second kappa shape index (κ2) is 8.65. The van der Waals surface area contributed by atoms with Crippen molar-refractivity contribution in [2.24, 2.45) is 11.8 Å². The number of hydrogen-bond acceptors (Lipinski definition) is 5. The van der Waals surface area contributed by atoms with Crippen LogP contribution in [0, 0.1) is 11.8 Å². The summed E-state index contributed by atoms with van der Waals surface area (Å²) in [6.45, 7) is 7.81. The first-order valence-electron chi connectivity index (χ1n) is 9.55. The lowest BCUT2D eigenvalue weighted by molar-refractivity contribution is 0.125. The molecule has 2 aliphatic rings. The van der Waals surface area contributed by atoms with E-state index in [4.69, 9.17) is 9.26 Å². The minimum absolute atomic E-state index is 0.00612. The van der Waals surface area contributed by atoms with Crippen LogP contribution in [-0.4, -0.2) is 53.9 Å². The molecule has 1 saturated heterocycles. The minimum Gasteiger partial charge on any atom is -0.381 e. The van der Waals surface area contributed by atoms with E-state index in [1.807, 2.05) is 4.90 Å². The Morgan fingerprint density at radius 1 is 1.40 bits per heavy atom. The number of carbonyl (C=O) groups is 1. The molecule has 3 rings (SSSR count). The number of rotatable bonds is 8. The number of piperidine rings is 1. The first-order valence-corrected chi connectivity index (χ1v) is 9.55. The third-order valence-electron chi connectivity index (χ3n) is 4.72. The molecule has 0 spiro atoms. The standard InChI is InChI=1S/C18H30N4O3/c1-13(2)10-19-18(23)22-8-3-4-15(11-22)17-20-16(21-25-17)7-9-24-12-14-5-6-14/h13-15H,3-12H2,1-2H3,(H,19,23). The number of carbonyl (C=O) groups excluding carboxylic acids is 1. The molecule has 1 saturated carbocycles. The largest absolute Gasteiger partial charge is 0.381 e. The second-order valence-corrected chi connectivity index (χ2v) is 7.68. The summed E-state index contributed by atoms with van der Waals surface area (Å²) in [6, 6.07) is 0.00612. The van der Waals surface area contributed by atoms with Gasteiger partial charge in [0.05, 0.1) is 12.5 Å². The van der Waals surface area contributed by atoms with Crippen LogP contribution in [0.15, 0.2) is 4.52 Å². The van der Waals surface area contributed by atoms with Crippen molar-refractivity contribution < 1.29 is 14.1 Å². The summed E-state index contributed by atoms with van der Waals surface area (Å²) in [5.74, 6) is 2.71. The Hall–Kier alpha value is -1.63. The van der Waals surface area contributed by atoms with Crippen LogP contribution in [0.1, 0.15) is 57.2 Å². The summed E-state index contributed by atoms with van der Waals surface area (Å²) in [5.41, 5.74) is 0. The van der Waals surface area contributed by atoms with E-state index in [0.29, 0.717) is 43.8 Å². The molecule has 1 N–H and O–H groups in total. The molecule has 0 radical (unpaired) electrons. The van der Waals surface area contributed by atoms with Gasteiger partial charge in [-0.25, -0.2) is 4.79 Å². The van der Waals surface area contributed by atoms with E-state index < -0.39 is 0 Å². The van der Waals surface area contributed by atoms with Crippen molar-refractivity contribution in [1.29, 1.82) is 0 Å². The summed E-state index contributed by atoms with van der Waals surface area (Å²) in [5, 5.41) is 7.05. The Kier molecular flexibility index (Phi) is 6.29. The molecule has 1 aliphatic heterocycles. The molecule has 2 heterocycles. The van der Waals surface area contributed by atoms with Gasteiger partial charge in [0, 0.05) is 32.7 Å². The van der Waals surface area contributed by atoms with Crippen molar-refractivity contribution in [2.75, 3.05) is 32.8 Å². The van der Waals surface area contributed by atoms with Crippen LogP contribution in [0.4, 0.5) is 4.79 Å². The van der Waals surface area contributed by atoms with E-state index in [1.54, 1.807) is 0 Å². The second-order valence-electron chi connectivity index (χ2n) is 7.68. The highest BCUT2D eigenvalue weighted by Crippen LogP contribution is 2.29. The average Bonchev–Trinajstić information content (AvgIpc) is 3.32. The smallest absolute Gasteiger partial charge is 0.317 e. The van der Waals surface area contributed by atoms with Gasteiger partial charge in [-0.1, -0.05) is 19.0 Å². The first kappa shape index (κ1) is 18.2. The van der Waals surface area contributed by atoms with Crippen molar-refractivity contribution >= 4 is 6.03 Å². The minimum atomic E-state index is 0.00612. The van der Waals surface area contributed by atoms with E-state index >= 15 is 0 Å². The van der Waals surface area contributed by atoms with Gasteiger partial charge in [0.2, 0.25) is 5.89 Å². The summed E-state index contributed by atoms with van der Waals surface area (Å²) in [4.78, 5) is 18.6. The molecule has 0 bridgehead atoms. The van der Waals surface area contributed by atoms with E-state index in [0.717, 1.165) is 31.9 Å². The first-order chi connectivity index (χ1) is 12.1. The van der Waals surface area contributed by atoms with Gasteiger partial charge in [-0.15, -0.1) is 0 Å². The maximum Gasteiger partial charge on any atom is 0.317 e. The third kappa shape index (κ3) is 5.70. The van der Waals surface area contributed by atoms with Crippen molar-refractivity contribution in [3.05, 3.63) is 11.7 Å². The monoisotopic (exact) mass is 350 g/mol. The quantitative estimate of drug-likeness (QED) is 0.729. The molecule has 1 atom stereocenters. The van der Waals surface area contributed by atoms with Crippen molar-refractivity contribution in [3.8, 4) is 0 Å². The van der Waals surface area contributed by atoms with Crippen LogP contribution in [0.25, 0.3) is 0 Å². The summed E-state index contributed by atoms with van der Waals surface area (Å²) in [7, 11) is 0. The Morgan fingerprint density at radius 3 is 3.00 bits per heavy atom. The predicted molar refractivity (Wildman–Crippen MR) is 93.3 cm³/mol. The zero-order chi connectivity index (χ0) is 17.6. The molecule has 2 fully saturated rings. The lowest BCUT2D eigenvalue weighted by Crippen LogP contribution is -2.45. The van der Waals surface area contributed by atoms with Crippen LogP contribution in [-0.2, 0) is 11.2 Å². The Morgan fingerprint density at radius 2 is 2.24 bits per heavy atom. The maximum absolute atomic E-state index is 12.3. The number of amides is 2. The van der Waals surface area contributed by atoms with E-state index in [2.05, 4.69) is 29.3 Å². The van der Waals surface area contributed by atoms with Gasteiger partial charge in [-0.05, 0) is 37.5 Å². The van der Waals surface area contributed by atoms with Gasteiger partial charge in [0.25, 0.3) is 0 Å². The number of ether oxygens (including phenoxy) is 1. The highest BCUT2D eigenvalue weighted by Gasteiger charge is 2.28. The van der Waals surface area contributed by atoms with Gasteiger partial charge in [-0.3, -0.25) is 0 Å². The van der Waals surface area contributed by atoms with Crippen molar-refractivity contribution in [3.63, 3.8) is 0 Å².